The number of aryl methyl sites for hydroxylation is 1. The number of hydrogen-bond donors (Lipinski definition) is 1. The molecule has 1 N–H and O–H groups in total. The van der Waals surface area contributed by atoms with Gasteiger partial charge in [0.1, 0.15) is 5.69 Å². The van der Waals surface area contributed by atoms with E-state index in [4.69, 9.17) is 0 Å². The Balaban J connectivity index is 1.80. The smallest absolute Gasteiger partial charge is 0.259 e. The molecule has 0 saturated carbocycles. The summed E-state index contributed by atoms with van der Waals surface area (Å²) in [6.07, 6.45) is 1.75. The molecule has 0 bridgehead atoms. The molecule has 0 radical (unpaired) electrons. The highest BCUT2D eigenvalue weighted by molar-refractivity contribution is 5.78. The van der Waals surface area contributed by atoms with Crippen molar-refractivity contribution in [1.29, 1.82) is 0 Å². The highest BCUT2D eigenvalue weighted by Gasteiger charge is 2.10. The number of rotatable bonds is 2. The highest BCUT2D eigenvalue weighted by atomic mass is 16.1. The summed E-state index contributed by atoms with van der Waals surface area (Å²) >= 11 is 0. The first-order valence-corrected chi connectivity index (χ1v) is 7.19. The van der Waals surface area contributed by atoms with Crippen LogP contribution in [0.5, 0.6) is 0 Å². The number of aromatic amines is 1. The molecular weight excluding hydrogens is 290 g/mol. The molecule has 0 amide bonds. The van der Waals surface area contributed by atoms with Crippen LogP contribution in [0.25, 0.3) is 28.1 Å². The zero-order valence-electron chi connectivity index (χ0n) is 12.4. The van der Waals surface area contributed by atoms with Crippen LogP contribution < -0.4 is 5.56 Å². The van der Waals surface area contributed by atoms with E-state index < -0.39 is 0 Å². The summed E-state index contributed by atoms with van der Waals surface area (Å²) in [5.74, 6) is 0.409. The Morgan fingerprint density at radius 2 is 1.83 bits per heavy atom. The standard InChI is InChI=1S/C17H13N5O/c1-11-6-8-12(9-7-11)22-10-15(20-21-22)16-18-14-5-3-2-4-13(14)17(23)19-16/h2-10H,1H3,(H,18,19,23). The van der Waals surface area contributed by atoms with Crippen molar-refractivity contribution in [3.8, 4) is 17.2 Å². The molecule has 0 unspecified atom stereocenters. The molecule has 0 saturated heterocycles. The van der Waals surface area contributed by atoms with Crippen LogP contribution in [0.15, 0.2) is 59.5 Å². The van der Waals surface area contributed by atoms with E-state index in [1.54, 1.807) is 23.0 Å². The summed E-state index contributed by atoms with van der Waals surface area (Å²) in [4.78, 5) is 19.4. The van der Waals surface area contributed by atoms with E-state index in [0.717, 1.165) is 5.69 Å². The second-order valence-electron chi connectivity index (χ2n) is 5.32. The molecule has 6 nitrogen and oxygen atoms in total. The van der Waals surface area contributed by atoms with Crippen LogP contribution in [0.2, 0.25) is 0 Å². The third-order valence-corrected chi connectivity index (χ3v) is 3.65. The minimum absolute atomic E-state index is 0.185. The van der Waals surface area contributed by atoms with Crippen LogP contribution in [-0.2, 0) is 0 Å². The number of nitrogens with one attached hydrogen (secondary N) is 1. The third-order valence-electron chi connectivity index (χ3n) is 3.65. The fourth-order valence-corrected chi connectivity index (χ4v) is 2.40. The SMILES string of the molecule is Cc1ccc(-n2cc(-c3nc4ccccc4c(=O)[nH]3)nn2)cc1. The van der Waals surface area contributed by atoms with Gasteiger partial charge in [-0.05, 0) is 31.2 Å². The maximum Gasteiger partial charge on any atom is 0.259 e. The van der Waals surface area contributed by atoms with Crippen molar-refractivity contribution in [3.05, 3.63) is 70.6 Å². The van der Waals surface area contributed by atoms with Crippen LogP contribution in [0, 0.1) is 6.92 Å². The second kappa shape index (κ2) is 5.17. The molecule has 4 rings (SSSR count). The van der Waals surface area contributed by atoms with E-state index in [2.05, 4.69) is 20.3 Å². The van der Waals surface area contributed by atoms with Gasteiger partial charge in [-0.25, -0.2) is 9.67 Å². The lowest BCUT2D eigenvalue weighted by Crippen LogP contribution is -2.09. The zero-order valence-corrected chi connectivity index (χ0v) is 12.4. The van der Waals surface area contributed by atoms with Crippen molar-refractivity contribution in [2.75, 3.05) is 0 Å². The average Bonchev–Trinajstić information content (AvgIpc) is 3.05. The van der Waals surface area contributed by atoms with Crippen LogP contribution in [0.4, 0.5) is 0 Å². The topological polar surface area (TPSA) is 76.5 Å². The third kappa shape index (κ3) is 2.40. The zero-order chi connectivity index (χ0) is 15.8. The van der Waals surface area contributed by atoms with Crippen LogP contribution in [0.3, 0.4) is 0 Å². The van der Waals surface area contributed by atoms with Gasteiger partial charge in [-0.15, -0.1) is 5.10 Å². The maximum absolute atomic E-state index is 12.1. The molecule has 0 aliphatic carbocycles. The van der Waals surface area contributed by atoms with Crippen molar-refractivity contribution in [2.45, 2.75) is 6.92 Å². The van der Waals surface area contributed by atoms with Crippen molar-refractivity contribution < 1.29 is 0 Å². The fraction of sp³-hybridized carbons (Fsp3) is 0.0588. The minimum Gasteiger partial charge on any atom is -0.305 e. The number of para-hydroxylation sites is 1. The van der Waals surface area contributed by atoms with E-state index in [9.17, 15) is 4.79 Å². The Labute approximate surface area is 131 Å². The van der Waals surface area contributed by atoms with Gasteiger partial charge in [0.25, 0.3) is 5.56 Å². The molecule has 2 heterocycles. The first-order valence-electron chi connectivity index (χ1n) is 7.19. The first-order chi connectivity index (χ1) is 11.2. The van der Waals surface area contributed by atoms with Crippen molar-refractivity contribution >= 4 is 10.9 Å². The Kier molecular flexibility index (Phi) is 3.01. The van der Waals surface area contributed by atoms with Gasteiger partial charge in [0.05, 0.1) is 22.8 Å². The highest BCUT2D eigenvalue weighted by Crippen LogP contribution is 2.15. The molecule has 23 heavy (non-hydrogen) atoms. The molecule has 0 fully saturated rings. The summed E-state index contributed by atoms with van der Waals surface area (Å²) in [6.45, 7) is 2.03. The molecule has 4 aromatic rings. The molecule has 0 spiro atoms. The monoisotopic (exact) mass is 303 g/mol. The number of fused-ring (bicyclic) bond motifs is 1. The molecule has 2 aromatic carbocycles. The van der Waals surface area contributed by atoms with E-state index in [1.165, 1.54) is 5.56 Å². The van der Waals surface area contributed by atoms with Gasteiger partial charge in [-0.2, -0.15) is 0 Å². The molecule has 112 valence electrons. The Hall–Kier alpha value is -3.28. The lowest BCUT2D eigenvalue weighted by Gasteiger charge is -2.00. The Morgan fingerprint density at radius 1 is 1.04 bits per heavy atom. The molecule has 0 aliphatic heterocycles. The number of hydrogen-bond acceptors (Lipinski definition) is 4. The predicted octanol–water partition coefficient (Wildman–Crippen LogP) is 2.48. The van der Waals surface area contributed by atoms with E-state index in [0.29, 0.717) is 22.4 Å². The molecule has 6 heteroatoms. The van der Waals surface area contributed by atoms with Gasteiger partial charge in [0.15, 0.2) is 5.82 Å². The summed E-state index contributed by atoms with van der Waals surface area (Å²) in [5, 5.41) is 8.78. The largest absolute Gasteiger partial charge is 0.305 e. The van der Waals surface area contributed by atoms with Crippen molar-refractivity contribution in [3.63, 3.8) is 0 Å². The average molecular weight is 303 g/mol. The van der Waals surface area contributed by atoms with Gasteiger partial charge < -0.3 is 4.98 Å². The second-order valence-corrected chi connectivity index (χ2v) is 5.32. The summed E-state index contributed by atoms with van der Waals surface area (Å²) < 4.78 is 1.66. The van der Waals surface area contributed by atoms with Crippen LogP contribution >= 0.6 is 0 Å². The predicted molar refractivity (Wildman–Crippen MR) is 87.5 cm³/mol. The molecule has 2 aromatic heterocycles. The quantitative estimate of drug-likeness (QED) is 0.617. The first kappa shape index (κ1) is 13.4. The summed E-state index contributed by atoms with van der Waals surface area (Å²) in [5.41, 5.74) is 3.05. The van der Waals surface area contributed by atoms with E-state index in [1.807, 2.05) is 43.3 Å². The number of H-pyrrole nitrogens is 1. The van der Waals surface area contributed by atoms with Gasteiger partial charge in [0, 0.05) is 0 Å². The number of nitrogens with zero attached hydrogens (tertiary/aromatic N) is 4. The Morgan fingerprint density at radius 3 is 2.65 bits per heavy atom. The van der Waals surface area contributed by atoms with Crippen molar-refractivity contribution in [1.82, 2.24) is 25.0 Å². The van der Waals surface area contributed by atoms with E-state index >= 15 is 0 Å². The fourth-order valence-electron chi connectivity index (χ4n) is 2.40. The molecule has 0 atom stereocenters. The van der Waals surface area contributed by atoms with Gasteiger partial charge >= 0.3 is 0 Å². The number of aromatic nitrogens is 5. The number of benzene rings is 2. The maximum atomic E-state index is 12.1. The van der Waals surface area contributed by atoms with Crippen molar-refractivity contribution in [2.24, 2.45) is 0 Å². The van der Waals surface area contributed by atoms with Crippen LogP contribution in [0.1, 0.15) is 5.56 Å². The summed E-state index contributed by atoms with van der Waals surface area (Å²) in [6, 6.07) is 15.1. The molecule has 0 aliphatic rings. The van der Waals surface area contributed by atoms with Gasteiger partial charge in [0.2, 0.25) is 0 Å². The van der Waals surface area contributed by atoms with E-state index in [-0.39, 0.29) is 5.56 Å². The lowest BCUT2D eigenvalue weighted by atomic mass is 10.2. The van der Waals surface area contributed by atoms with Crippen LogP contribution in [-0.4, -0.2) is 25.0 Å². The van der Waals surface area contributed by atoms with Gasteiger partial charge in [-0.1, -0.05) is 35.0 Å². The summed E-state index contributed by atoms with van der Waals surface area (Å²) in [7, 11) is 0. The molecular formula is C17H13N5O. The van der Waals surface area contributed by atoms with Gasteiger partial charge in [-0.3, -0.25) is 4.79 Å². The minimum atomic E-state index is -0.185. The Bertz CT molecular complexity index is 1050. The lowest BCUT2D eigenvalue weighted by molar-refractivity contribution is 0.803. The normalized spacial score (nSPS) is 11.0.